The molecule has 0 aliphatic rings. The monoisotopic (exact) mass is 431 g/mol. The van der Waals surface area contributed by atoms with Crippen LogP contribution in [0.4, 0.5) is 0 Å². The maximum atomic E-state index is 5.72. The van der Waals surface area contributed by atoms with E-state index in [9.17, 15) is 0 Å². The van der Waals surface area contributed by atoms with E-state index in [4.69, 9.17) is 8.85 Å². The molecule has 0 saturated carbocycles. The molecule has 5 nitrogen and oxygen atoms in total. The Bertz CT molecular complexity index is 323. The standard InChI is InChI=1S/C23H53N3O2Si/c1-8-14-24(15-9-2)18-12-20-26(22-23-29(7,27-5)28-6)21-13-19-25(16-10-3)17-11-4/h8-23H2,1-7H3. The molecule has 0 unspecified atom stereocenters. The molecule has 0 saturated heterocycles. The molecule has 0 aromatic carbocycles. The summed E-state index contributed by atoms with van der Waals surface area (Å²) in [5.74, 6) is 0. The van der Waals surface area contributed by atoms with Crippen LogP contribution in [0.2, 0.25) is 12.6 Å². The lowest BCUT2D eigenvalue weighted by atomic mass is 10.2. The first-order valence-electron chi connectivity index (χ1n) is 12.3. The van der Waals surface area contributed by atoms with E-state index in [1.165, 1.54) is 90.9 Å². The molecule has 0 aliphatic carbocycles. The average Bonchev–Trinajstić information content (AvgIpc) is 2.72. The summed E-state index contributed by atoms with van der Waals surface area (Å²) in [5.41, 5.74) is 0. The minimum absolute atomic E-state index is 1.04. The zero-order valence-electron chi connectivity index (χ0n) is 21.0. The van der Waals surface area contributed by atoms with Crippen molar-refractivity contribution in [2.24, 2.45) is 0 Å². The molecule has 0 radical (unpaired) electrons. The van der Waals surface area contributed by atoms with Crippen LogP contribution in [0.5, 0.6) is 0 Å². The van der Waals surface area contributed by atoms with Crippen LogP contribution in [0.25, 0.3) is 0 Å². The molecule has 0 heterocycles. The molecule has 0 aromatic rings. The van der Waals surface area contributed by atoms with Crippen molar-refractivity contribution in [3.63, 3.8) is 0 Å². The van der Waals surface area contributed by atoms with Gasteiger partial charge >= 0.3 is 8.56 Å². The second-order valence-corrected chi connectivity index (χ2v) is 12.1. The molecule has 176 valence electrons. The van der Waals surface area contributed by atoms with E-state index in [2.05, 4.69) is 48.9 Å². The van der Waals surface area contributed by atoms with E-state index in [-0.39, 0.29) is 0 Å². The molecule has 0 N–H and O–H groups in total. The van der Waals surface area contributed by atoms with Crippen LogP contribution in [0.3, 0.4) is 0 Å². The molecule has 0 amide bonds. The summed E-state index contributed by atoms with van der Waals surface area (Å²) in [4.78, 5) is 7.92. The Kier molecular flexibility index (Phi) is 18.8. The Balaban J connectivity index is 4.61. The summed E-state index contributed by atoms with van der Waals surface area (Å²) in [6.07, 6.45) is 7.51. The Hall–Kier alpha value is 0.0169. The lowest BCUT2D eigenvalue weighted by molar-refractivity contribution is 0.201. The number of rotatable bonds is 21. The summed E-state index contributed by atoms with van der Waals surface area (Å²) in [7, 11) is 1.62. The molecular weight excluding hydrogens is 378 g/mol. The SMILES string of the molecule is CCCN(CCC)CCCN(CCCN(CCC)CCC)CC[Si](C)(OC)OC. The van der Waals surface area contributed by atoms with Crippen molar-refractivity contribution >= 4 is 8.56 Å². The molecule has 6 heteroatoms. The van der Waals surface area contributed by atoms with Gasteiger partial charge in [-0.15, -0.1) is 0 Å². The molecular formula is C23H53N3O2Si. The van der Waals surface area contributed by atoms with E-state index in [1.807, 2.05) is 0 Å². The van der Waals surface area contributed by atoms with Crippen LogP contribution in [0, 0.1) is 0 Å². The molecule has 0 bridgehead atoms. The first-order valence-corrected chi connectivity index (χ1v) is 14.8. The summed E-state index contributed by atoms with van der Waals surface area (Å²) in [5, 5.41) is 0. The van der Waals surface area contributed by atoms with Gasteiger partial charge in [-0.2, -0.15) is 0 Å². The van der Waals surface area contributed by atoms with Crippen molar-refractivity contribution < 1.29 is 8.85 Å². The molecule has 0 atom stereocenters. The fourth-order valence-corrected chi connectivity index (χ4v) is 5.25. The highest BCUT2D eigenvalue weighted by Crippen LogP contribution is 2.13. The maximum Gasteiger partial charge on any atom is 0.335 e. The largest absolute Gasteiger partial charge is 0.398 e. The van der Waals surface area contributed by atoms with Gasteiger partial charge in [0.05, 0.1) is 0 Å². The van der Waals surface area contributed by atoms with Gasteiger partial charge in [-0.1, -0.05) is 27.7 Å². The Morgan fingerprint density at radius 3 is 1.10 bits per heavy atom. The summed E-state index contributed by atoms with van der Waals surface area (Å²) in [6, 6.07) is 1.04. The van der Waals surface area contributed by atoms with Crippen molar-refractivity contribution in [1.82, 2.24) is 14.7 Å². The quantitative estimate of drug-likeness (QED) is 0.246. The first-order chi connectivity index (χ1) is 14.0. The summed E-state index contributed by atoms with van der Waals surface area (Å²) < 4.78 is 11.4. The van der Waals surface area contributed by atoms with Crippen molar-refractivity contribution in [3.05, 3.63) is 0 Å². The summed E-state index contributed by atoms with van der Waals surface area (Å²) in [6.45, 7) is 22.2. The van der Waals surface area contributed by atoms with Crippen molar-refractivity contribution in [2.45, 2.75) is 78.8 Å². The van der Waals surface area contributed by atoms with Crippen LogP contribution >= 0.6 is 0 Å². The highest BCUT2D eigenvalue weighted by atomic mass is 28.4. The van der Waals surface area contributed by atoms with Crippen molar-refractivity contribution in [2.75, 3.05) is 73.1 Å². The highest BCUT2D eigenvalue weighted by molar-refractivity contribution is 6.66. The Morgan fingerprint density at radius 2 is 0.828 bits per heavy atom. The fourth-order valence-electron chi connectivity index (χ4n) is 3.96. The molecule has 0 rings (SSSR count). The summed E-state index contributed by atoms with van der Waals surface area (Å²) >= 11 is 0. The average molecular weight is 432 g/mol. The van der Waals surface area contributed by atoms with E-state index in [0.29, 0.717) is 0 Å². The van der Waals surface area contributed by atoms with Crippen LogP contribution in [-0.4, -0.2) is 96.4 Å². The third-order valence-corrected chi connectivity index (χ3v) is 8.66. The van der Waals surface area contributed by atoms with Gasteiger partial charge in [0, 0.05) is 26.8 Å². The normalized spacial score (nSPS) is 12.6. The molecule has 0 spiro atoms. The van der Waals surface area contributed by atoms with E-state index < -0.39 is 8.56 Å². The maximum absolute atomic E-state index is 5.72. The highest BCUT2D eigenvalue weighted by Gasteiger charge is 2.29. The number of hydrogen-bond donors (Lipinski definition) is 0. The van der Waals surface area contributed by atoms with Gasteiger partial charge in [0.1, 0.15) is 0 Å². The third kappa shape index (κ3) is 14.6. The van der Waals surface area contributed by atoms with E-state index >= 15 is 0 Å². The number of hydrogen-bond acceptors (Lipinski definition) is 5. The van der Waals surface area contributed by atoms with Gasteiger partial charge < -0.3 is 23.6 Å². The molecule has 0 aromatic heterocycles. The fraction of sp³-hybridized carbons (Fsp3) is 1.00. The van der Waals surface area contributed by atoms with Gasteiger partial charge in [-0.3, -0.25) is 0 Å². The first kappa shape index (κ1) is 29.0. The topological polar surface area (TPSA) is 28.2 Å². The van der Waals surface area contributed by atoms with Gasteiger partial charge in [0.15, 0.2) is 0 Å². The van der Waals surface area contributed by atoms with Crippen LogP contribution < -0.4 is 0 Å². The van der Waals surface area contributed by atoms with E-state index in [1.54, 1.807) is 14.2 Å². The molecule has 29 heavy (non-hydrogen) atoms. The minimum atomic E-state index is -2.00. The second kappa shape index (κ2) is 18.8. The van der Waals surface area contributed by atoms with Crippen LogP contribution in [-0.2, 0) is 8.85 Å². The zero-order valence-corrected chi connectivity index (χ0v) is 22.0. The molecule has 0 fully saturated rings. The van der Waals surface area contributed by atoms with Gasteiger partial charge in [-0.25, -0.2) is 0 Å². The Labute approximate surface area is 184 Å². The van der Waals surface area contributed by atoms with Crippen molar-refractivity contribution in [3.8, 4) is 0 Å². The van der Waals surface area contributed by atoms with Gasteiger partial charge in [0.2, 0.25) is 0 Å². The van der Waals surface area contributed by atoms with Gasteiger partial charge in [0.25, 0.3) is 0 Å². The van der Waals surface area contributed by atoms with Crippen molar-refractivity contribution in [1.29, 1.82) is 0 Å². The number of nitrogens with zero attached hydrogens (tertiary/aromatic N) is 3. The minimum Gasteiger partial charge on any atom is -0.398 e. The zero-order chi connectivity index (χ0) is 22.0. The van der Waals surface area contributed by atoms with Crippen LogP contribution in [0.1, 0.15) is 66.2 Å². The lowest BCUT2D eigenvalue weighted by Crippen LogP contribution is -2.41. The van der Waals surface area contributed by atoms with Crippen LogP contribution in [0.15, 0.2) is 0 Å². The smallest absolute Gasteiger partial charge is 0.335 e. The molecule has 0 aliphatic heterocycles. The Morgan fingerprint density at radius 1 is 0.517 bits per heavy atom. The second-order valence-electron chi connectivity index (χ2n) is 8.52. The predicted molar refractivity (Wildman–Crippen MR) is 130 cm³/mol. The predicted octanol–water partition coefficient (Wildman–Crippen LogP) is 4.68. The van der Waals surface area contributed by atoms with Gasteiger partial charge in [-0.05, 0) is 97.4 Å². The van der Waals surface area contributed by atoms with E-state index in [0.717, 1.165) is 12.6 Å². The third-order valence-electron chi connectivity index (χ3n) is 5.80. The lowest BCUT2D eigenvalue weighted by Gasteiger charge is -2.30.